The summed E-state index contributed by atoms with van der Waals surface area (Å²) < 4.78 is 6.03. The number of furan rings is 1. The summed E-state index contributed by atoms with van der Waals surface area (Å²) in [5.41, 5.74) is 1.27. The molecule has 1 aliphatic carbocycles. The largest absolute Gasteiger partial charge is 0.463 e. The van der Waals surface area contributed by atoms with E-state index in [1.54, 1.807) is 0 Å². The maximum Gasteiger partial charge on any atom is 0.120 e. The number of nitrogens with one attached hydrogen (secondary N) is 1. The van der Waals surface area contributed by atoms with E-state index in [4.69, 9.17) is 4.42 Å². The average Bonchev–Trinajstić information content (AvgIpc) is 2.70. The Labute approximate surface area is 123 Å². The van der Waals surface area contributed by atoms with Gasteiger partial charge in [0.2, 0.25) is 0 Å². The lowest BCUT2D eigenvalue weighted by Gasteiger charge is -2.31. The molecule has 0 aliphatic heterocycles. The van der Waals surface area contributed by atoms with Crippen LogP contribution in [-0.4, -0.2) is 24.0 Å². The van der Waals surface area contributed by atoms with Gasteiger partial charge in [-0.3, -0.25) is 4.90 Å². The summed E-state index contributed by atoms with van der Waals surface area (Å²) >= 11 is 0. The van der Waals surface area contributed by atoms with Gasteiger partial charge < -0.3 is 9.73 Å². The monoisotopic (exact) mass is 278 g/mol. The van der Waals surface area contributed by atoms with Gasteiger partial charge in [0.25, 0.3) is 0 Å². The molecule has 1 fully saturated rings. The second-order valence-electron chi connectivity index (χ2n) is 6.48. The summed E-state index contributed by atoms with van der Waals surface area (Å²) in [7, 11) is 0. The molecular weight excluding hydrogens is 248 g/mol. The van der Waals surface area contributed by atoms with Crippen molar-refractivity contribution in [3.05, 3.63) is 23.2 Å². The lowest BCUT2D eigenvalue weighted by molar-refractivity contribution is 0.168. The minimum absolute atomic E-state index is 0.494. The molecular formula is C17H30N2O. The Hall–Kier alpha value is -0.800. The predicted molar refractivity (Wildman–Crippen MR) is 83.7 cm³/mol. The second-order valence-corrected chi connectivity index (χ2v) is 6.48. The van der Waals surface area contributed by atoms with Crippen LogP contribution in [0, 0.1) is 12.8 Å². The fourth-order valence-corrected chi connectivity index (χ4v) is 2.71. The third-order valence-electron chi connectivity index (χ3n) is 4.31. The van der Waals surface area contributed by atoms with Gasteiger partial charge in [0.05, 0.1) is 13.1 Å². The van der Waals surface area contributed by atoms with Crippen molar-refractivity contribution in [2.45, 2.75) is 66.1 Å². The van der Waals surface area contributed by atoms with Crippen LogP contribution in [0.4, 0.5) is 0 Å². The molecule has 114 valence electrons. The molecule has 0 atom stereocenters. The molecule has 0 radical (unpaired) electrons. The number of nitrogens with zero attached hydrogens (tertiary/aromatic N) is 1. The van der Waals surface area contributed by atoms with Gasteiger partial charge in [-0.05, 0) is 43.9 Å². The molecule has 0 saturated heterocycles. The number of aryl methyl sites for hydroxylation is 1. The minimum atomic E-state index is 0.494. The molecule has 1 aliphatic rings. The van der Waals surface area contributed by atoms with E-state index < -0.39 is 0 Å². The highest BCUT2D eigenvalue weighted by atomic mass is 16.3. The zero-order valence-corrected chi connectivity index (χ0v) is 13.5. The van der Waals surface area contributed by atoms with E-state index in [2.05, 4.69) is 44.0 Å². The third kappa shape index (κ3) is 4.35. The molecule has 0 amide bonds. The standard InChI is InChI=1S/C17H30N2O/c1-5-19(11-15-7-6-8-15)12-16-9-14(4)17(20-16)10-18-13(2)3/h9,13,15,18H,5-8,10-12H2,1-4H3. The molecule has 1 saturated carbocycles. The van der Waals surface area contributed by atoms with E-state index in [0.717, 1.165) is 37.1 Å². The van der Waals surface area contributed by atoms with E-state index in [1.165, 1.54) is 31.4 Å². The Morgan fingerprint density at radius 1 is 1.40 bits per heavy atom. The maximum absolute atomic E-state index is 6.03. The Bertz CT molecular complexity index is 407. The Kier molecular flexibility index (Phi) is 5.67. The zero-order chi connectivity index (χ0) is 14.5. The molecule has 1 N–H and O–H groups in total. The Morgan fingerprint density at radius 3 is 2.70 bits per heavy atom. The van der Waals surface area contributed by atoms with Crippen molar-refractivity contribution < 1.29 is 4.42 Å². The number of hydrogen-bond donors (Lipinski definition) is 1. The molecule has 0 unspecified atom stereocenters. The van der Waals surface area contributed by atoms with Crippen LogP contribution in [0.15, 0.2) is 10.5 Å². The second kappa shape index (κ2) is 7.28. The summed E-state index contributed by atoms with van der Waals surface area (Å²) in [4.78, 5) is 2.52. The first-order chi connectivity index (χ1) is 9.58. The van der Waals surface area contributed by atoms with E-state index in [9.17, 15) is 0 Å². The van der Waals surface area contributed by atoms with Gasteiger partial charge in [0, 0.05) is 12.6 Å². The molecule has 1 aromatic heterocycles. The molecule has 3 heteroatoms. The fraction of sp³-hybridized carbons (Fsp3) is 0.765. The molecule has 1 heterocycles. The molecule has 0 spiro atoms. The van der Waals surface area contributed by atoms with Crippen molar-refractivity contribution in [2.24, 2.45) is 5.92 Å². The van der Waals surface area contributed by atoms with Crippen molar-refractivity contribution >= 4 is 0 Å². The van der Waals surface area contributed by atoms with E-state index >= 15 is 0 Å². The number of hydrogen-bond acceptors (Lipinski definition) is 3. The topological polar surface area (TPSA) is 28.4 Å². The highest BCUT2D eigenvalue weighted by Gasteiger charge is 2.21. The van der Waals surface area contributed by atoms with Crippen LogP contribution in [0.2, 0.25) is 0 Å². The Morgan fingerprint density at radius 2 is 2.15 bits per heavy atom. The van der Waals surface area contributed by atoms with Crippen LogP contribution in [-0.2, 0) is 13.1 Å². The van der Waals surface area contributed by atoms with Crippen molar-refractivity contribution in [1.29, 1.82) is 0 Å². The average molecular weight is 278 g/mol. The molecule has 1 aromatic rings. The molecule has 20 heavy (non-hydrogen) atoms. The summed E-state index contributed by atoms with van der Waals surface area (Å²) in [6.07, 6.45) is 4.25. The first-order valence-corrected chi connectivity index (χ1v) is 8.12. The van der Waals surface area contributed by atoms with Crippen LogP contribution < -0.4 is 5.32 Å². The summed E-state index contributed by atoms with van der Waals surface area (Å²) in [6.45, 7) is 12.8. The van der Waals surface area contributed by atoms with Crippen molar-refractivity contribution in [3.63, 3.8) is 0 Å². The fourth-order valence-electron chi connectivity index (χ4n) is 2.71. The molecule has 0 aromatic carbocycles. The van der Waals surface area contributed by atoms with Gasteiger partial charge in [0.1, 0.15) is 11.5 Å². The maximum atomic E-state index is 6.03. The van der Waals surface area contributed by atoms with Crippen molar-refractivity contribution in [2.75, 3.05) is 13.1 Å². The molecule has 3 nitrogen and oxygen atoms in total. The SMILES string of the molecule is CCN(Cc1cc(C)c(CNC(C)C)o1)CC1CCC1. The van der Waals surface area contributed by atoms with Crippen molar-refractivity contribution in [3.8, 4) is 0 Å². The summed E-state index contributed by atoms with van der Waals surface area (Å²) in [5, 5.41) is 3.43. The van der Waals surface area contributed by atoms with Crippen LogP contribution in [0.3, 0.4) is 0 Å². The lowest BCUT2D eigenvalue weighted by Crippen LogP contribution is -2.31. The first kappa shape index (κ1) is 15.6. The van der Waals surface area contributed by atoms with Crippen LogP contribution in [0.1, 0.15) is 57.1 Å². The summed E-state index contributed by atoms with van der Waals surface area (Å²) in [6, 6.07) is 2.70. The van der Waals surface area contributed by atoms with Gasteiger partial charge in [0.15, 0.2) is 0 Å². The smallest absolute Gasteiger partial charge is 0.120 e. The summed E-state index contributed by atoms with van der Waals surface area (Å²) in [5.74, 6) is 3.13. The first-order valence-electron chi connectivity index (χ1n) is 8.12. The predicted octanol–water partition coefficient (Wildman–Crippen LogP) is 3.71. The normalized spacial score (nSPS) is 16.1. The quantitative estimate of drug-likeness (QED) is 0.786. The molecule has 2 rings (SSSR count). The highest BCUT2D eigenvalue weighted by molar-refractivity contribution is 5.20. The van der Waals surface area contributed by atoms with Gasteiger partial charge in [-0.2, -0.15) is 0 Å². The van der Waals surface area contributed by atoms with E-state index in [-0.39, 0.29) is 0 Å². The Balaban J connectivity index is 1.88. The lowest BCUT2D eigenvalue weighted by atomic mass is 9.85. The highest BCUT2D eigenvalue weighted by Crippen LogP contribution is 2.27. The van der Waals surface area contributed by atoms with Gasteiger partial charge in [-0.15, -0.1) is 0 Å². The zero-order valence-electron chi connectivity index (χ0n) is 13.5. The van der Waals surface area contributed by atoms with E-state index in [1.807, 2.05) is 0 Å². The van der Waals surface area contributed by atoms with Crippen LogP contribution in [0.25, 0.3) is 0 Å². The van der Waals surface area contributed by atoms with Gasteiger partial charge >= 0.3 is 0 Å². The van der Waals surface area contributed by atoms with E-state index in [0.29, 0.717) is 6.04 Å². The van der Waals surface area contributed by atoms with Gasteiger partial charge in [-0.25, -0.2) is 0 Å². The van der Waals surface area contributed by atoms with Crippen LogP contribution >= 0.6 is 0 Å². The number of rotatable bonds is 8. The van der Waals surface area contributed by atoms with Gasteiger partial charge in [-0.1, -0.05) is 27.2 Å². The third-order valence-corrected chi connectivity index (χ3v) is 4.31. The minimum Gasteiger partial charge on any atom is -0.463 e. The molecule has 0 bridgehead atoms. The van der Waals surface area contributed by atoms with Crippen molar-refractivity contribution in [1.82, 2.24) is 10.2 Å². The van der Waals surface area contributed by atoms with Crippen LogP contribution in [0.5, 0.6) is 0 Å².